The zero-order chi connectivity index (χ0) is 15.8. The van der Waals surface area contributed by atoms with E-state index in [9.17, 15) is 13.5 Å². The predicted octanol–water partition coefficient (Wildman–Crippen LogP) is 4.81. The molecule has 0 spiro atoms. The van der Waals surface area contributed by atoms with Gasteiger partial charge in [-0.05, 0) is 30.3 Å². The standard InChI is InChI=1S/C12H7Cl4NO3S/c13-6-1-3-7(4-2-6)21(19,20)17-9-5-8(14)12(18)11(16)10(9)15/h1-5,17-18H. The number of hydrogen-bond acceptors (Lipinski definition) is 3. The van der Waals surface area contributed by atoms with Crippen LogP contribution in [-0.4, -0.2) is 13.5 Å². The summed E-state index contributed by atoms with van der Waals surface area (Å²) in [5.74, 6) is -0.419. The van der Waals surface area contributed by atoms with Crippen LogP contribution in [0, 0.1) is 0 Å². The van der Waals surface area contributed by atoms with E-state index in [2.05, 4.69) is 4.72 Å². The van der Waals surface area contributed by atoms with E-state index in [4.69, 9.17) is 46.4 Å². The number of halogens is 4. The molecular weight excluding hydrogens is 380 g/mol. The maximum atomic E-state index is 12.2. The third-order valence-electron chi connectivity index (χ3n) is 2.50. The van der Waals surface area contributed by atoms with Gasteiger partial charge in [0.15, 0.2) is 5.75 Å². The van der Waals surface area contributed by atoms with Gasteiger partial charge < -0.3 is 5.11 Å². The van der Waals surface area contributed by atoms with E-state index in [0.717, 1.165) is 0 Å². The summed E-state index contributed by atoms with van der Waals surface area (Å²) in [6.45, 7) is 0. The molecule has 21 heavy (non-hydrogen) atoms. The van der Waals surface area contributed by atoms with Gasteiger partial charge in [0.05, 0.1) is 20.6 Å². The molecule has 2 aromatic rings. The molecule has 0 heterocycles. The summed E-state index contributed by atoms with van der Waals surface area (Å²) < 4.78 is 26.7. The van der Waals surface area contributed by atoms with Crippen molar-refractivity contribution < 1.29 is 13.5 Å². The normalized spacial score (nSPS) is 11.4. The highest BCUT2D eigenvalue weighted by atomic mass is 35.5. The monoisotopic (exact) mass is 385 g/mol. The van der Waals surface area contributed by atoms with Crippen molar-refractivity contribution in [2.24, 2.45) is 0 Å². The Labute approximate surface area is 141 Å². The fourth-order valence-electron chi connectivity index (χ4n) is 1.48. The molecule has 4 nitrogen and oxygen atoms in total. The first kappa shape index (κ1) is 16.5. The average Bonchev–Trinajstić information content (AvgIpc) is 2.42. The number of rotatable bonds is 3. The molecule has 0 amide bonds. The molecule has 0 atom stereocenters. The second kappa shape index (κ2) is 6.10. The van der Waals surface area contributed by atoms with Crippen molar-refractivity contribution in [3.63, 3.8) is 0 Å². The number of nitrogens with one attached hydrogen (secondary N) is 1. The van der Waals surface area contributed by atoms with Crippen molar-refractivity contribution in [3.8, 4) is 5.75 Å². The zero-order valence-electron chi connectivity index (χ0n) is 10.1. The molecule has 0 aliphatic heterocycles. The van der Waals surface area contributed by atoms with Crippen LogP contribution in [0.25, 0.3) is 0 Å². The van der Waals surface area contributed by atoms with Gasteiger partial charge in [0.2, 0.25) is 0 Å². The van der Waals surface area contributed by atoms with Crippen LogP contribution in [0.3, 0.4) is 0 Å². The van der Waals surface area contributed by atoms with Crippen molar-refractivity contribution in [1.82, 2.24) is 0 Å². The Hall–Kier alpha value is -0.850. The van der Waals surface area contributed by atoms with Crippen LogP contribution in [0.5, 0.6) is 5.75 Å². The maximum absolute atomic E-state index is 12.2. The fourth-order valence-corrected chi connectivity index (χ4v) is 3.37. The summed E-state index contributed by atoms with van der Waals surface area (Å²) in [6, 6.07) is 6.71. The van der Waals surface area contributed by atoms with Gasteiger partial charge in [0.1, 0.15) is 5.02 Å². The molecule has 0 aliphatic rings. The quantitative estimate of drug-likeness (QED) is 0.587. The average molecular weight is 387 g/mol. The largest absolute Gasteiger partial charge is 0.505 e. The molecule has 112 valence electrons. The first-order valence-corrected chi connectivity index (χ1v) is 8.36. The summed E-state index contributed by atoms with van der Waals surface area (Å²) >= 11 is 23.1. The lowest BCUT2D eigenvalue weighted by atomic mass is 10.3. The fraction of sp³-hybridized carbons (Fsp3) is 0. The van der Waals surface area contributed by atoms with Gasteiger partial charge >= 0.3 is 0 Å². The van der Waals surface area contributed by atoms with E-state index < -0.39 is 15.8 Å². The van der Waals surface area contributed by atoms with Crippen LogP contribution in [0.15, 0.2) is 35.2 Å². The van der Waals surface area contributed by atoms with Gasteiger partial charge in [-0.3, -0.25) is 4.72 Å². The summed E-state index contributed by atoms with van der Waals surface area (Å²) in [5.41, 5.74) is -0.0422. The van der Waals surface area contributed by atoms with Crippen molar-refractivity contribution >= 4 is 62.1 Å². The summed E-state index contributed by atoms with van der Waals surface area (Å²) in [4.78, 5) is -0.0108. The van der Waals surface area contributed by atoms with Gasteiger partial charge in [0, 0.05) is 5.02 Å². The Morgan fingerprint density at radius 1 is 0.952 bits per heavy atom. The van der Waals surface area contributed by atoms with E-state index in [1.165, 1.54) is 30.3 Å². The lowest BCUT2D eigenvalue weighted by Gasteiger charge is -2.12. The van der Waals surface area contributed by atoms with Gasteiger partial charge in [0.25, 0.3) is 10.0 Å². The molecule has 2 rings (SSSR count). The predicted molar refractivity (Wildman–Crippen MR) is 85.4 cm³/mol. The number of anilines is 1. The summed E-state index contributed by atoms with van der Waals surface area (Å²) in [7, 11) is -3.89. The van der Waals surface area contributed by atoms with Crippen LogP contribution >= 0.6 is 46.4 Å². The first-order valence-electron chi connectivity index (χ1n) is 5.37. The van der Waals surface area contributed by atoms with Crippen molar-refractivity contribution in [3.05, 3.63) is 50.4 Å². The van der Waals surface area contributed by atoms with Gasteiger partial charge in [-0.25, -0.2) is 8.42 Å². The van der Waals surface area contributed by atoms with Crippen LogP contribution in [-0.2, 0) is 10.0 Å². The molecule has 0 fully saturated rings. The second-order valence-electron chi connectivity index (χ2n) is 3.94. The van der Waals surface area contributed by atoms with E-state index in [-0.39, 0.29) is 25.7 Å². The van der Waals surface area contributed by atoms with Crippen LogP contribution in [0.4, 0.5) is 5.69 Å². The number of hydrogen-bond donors (Lipinski definition) is 2. The van der Waals surface area contributed by atoms with E-state index >= 15 is 0 Å². The smallest absolute Gasteiger partial charge is 0.261 e. The SMILES string of the molecule is O=S(=O)(Nc1cc(Cl)c(O)c(Cl)c1Cl)c1ccc(Cl)cc1. The lowest BCUT2D eigenvalue weighted by molar-refractivity contribution is 0.476. The van der Waals surface area contributed by atoms with Crippen LogP contribution in [0.2, 0.25) is 20.1 Å². The molecule has 0 radical (unpaired) electrons. The number of benzene rings is 2. The van der Waals surface area contributed by atoms with Gasteiger partial charge in [-0.1, -0.05) is 46.4 Å². The van der Waals surface area contributed by atoms with E-state index in [0.29, 0.717) is 5.02 Å². The Morgan fingerprint density at radius 3 is 2.10 bits per heavy atom. The molecule has 9 heteroatoms. The molecule has 0 bridgehead atoms. The Balaban J connectivity index is 2.44. The number of aromatic hydroxyl groups is 1. The molecule has 0 unspecified atom stereocenters. The maximum Gasteiger partial charge on any atom is 0.261 e. The highest BCUT2D eigenvalue weighted by Gasteiger charge is 2.20. The van der Waals surface area contributed by atoms with Crippen LogP contribution in [0.1, 0.15) is 0 Å². The third kappa shape index (κ3) is 3.49. The van der Waals surface area contributed by atoms with Crippen molar-refractivity contribution in [2.75, 3.05) is 4.72 Å². The highest BCUT2D eigenvalue weighted by molar-refractivity contribution is 7.92. The summed E-state index contributed by atoms with van der Waals surface area (Å²) in [6.07, 6.45) is 0. The van der Waals surface area contributed by atoms with Crippen molar-refractivity contribution in [1.29, 1.82) is 0 Å². The first-order chi connectivity index (χ1) is 9.72. The van der Waals surface area contributed by atoms with E-state index in [1.807, 2.05) is 0 Å². The Morgan fingerprint density at radius 2 is 1.52 bits per heavy atom. The number of phenols is 1. The van der Waals surface area contributed by atoms with E-state index in [1.54, 1.807) is 0 Å². The molecule has 0 aliphatic carbocycles. The van der Waals surface area contributed by atoms with Crippen LogP contribution < -0.4 is 4.72 Å². The topological polar surface area (TPSA) is 66.4 Å². The lowest BCUT2D eigenvalue weighted by Crippen LogP contribution is -2.13. The van der Waals surface area contributed by atoms with Crippen molar-refractivity contribution in [2.45, 2.75) is 4.90 Å². The minimum Gasteiger partial charge on any atom is -0.505 e. The second-order valence-corrected chi connectivity index (χ2v) is 7.22. The number of sulfonamides is 1. The highest BCUT2D eigenvalue weighted by Crippen LogP contribution is 2.42. The molecule has 2 aromatic carbocycles. The molecular formula is C12H7Cl4NO3S. The minimum atomic E-state index is -3.89. The third-order valence-corrected chi connectivity index (χ3v) is 5.28. The van der Waals surface area contributed by atoms with Gasteiger partial charge in [-0.2, -0.15) is 0 Å². The molecule has 2 N–H and O–H groups in total. The molecule has 0 aromatic heterocycles. The molecule has 0 saturated carbocycles. The molecule has 0 saturated heterocycles. The van der Waals surface area contributed by atoms with Gasteiger partial charge in [-0.15, -0.1) is 0 Å². The zero-order valence-corrected chi connectivity index (χ0v) is 13.9. The minimum absolute atomic E-state index is 0.0108. The summed E-state index contributed by atoms with van der Waals surface area (Å²) in [5, 5.41) is 9.40. The number of phenolic OH excluding ortho intramolecular Hbond substituents is 1. The Kier molecular flexibility index (Phi) is 4.80. The Bertz CT molecular complexity index is 791.